The first-order chi connectivity index (χ1) is 8.41. The largest absolute Gasteiger partial charge is 0.478 e. The lowest BCUT2D eigenvalue weighted by Gasteiger charge is -2.36. The molecular formula is C16H24O2. The molecule has 0 radical (unpaired) electrons. The number of allylic oxidation sites excluding steroid dienone is 3. The van der Waals surface area contributed by atoms with E-state index >= 15 is 0 Å². The summed E-state index contributed by atoms with van der Waals surface area (Å²) in [7, 11) is 0. The fourth-order valence-electron chi connectivity index (χ4n) is 4.07. The number of hydrogen-bond donors (Lipinski definition) is 1. The lowest BCUT2D eigenvalue weighted by molar-refractivity contribution is -0.132. The molecule has 4 atom stereocenters. The molecule has 2 rings (SSSR count). The van der Waals surface area contributed by atoms with Crippen molar-refractivity contribution in [2.24, 2.45) is 23.7 Å². The number of carboxylic acid groups (broad SMARTS) is 1. The van der Waals surface area contributed by atoms with E-state index in [1.165, 1.54) is 18.4 Å². The van der Waals surface area contributed by atoms with Gasteiger partial charge < -0.3 is 5.11 Å². The number of carboxylic acids is 1. The molecule has 2 aliphatic carbocycles. The van der Waals surface area contributed by atoms with Gasteiger partial charge in [0, 0.05) is 5.57 Å². The lowest BCUT2D eigenvalue weighted by Crippen LogP contribution is -2.27. The quantitative estimate of drug-likeness (QED) is 0.591. The topological polar surface area (TPSA) is 37.3 Å². The molecule has 18 heavy (non-hydrogen) atoms. The third-order valence-corrected chi connectivity index (χ3v) is 4.83. The molecule has 2 heteroatoms. The van der Waals surface area contributed by atoms with Crippen LogP contribution < -0.4 is 0 Å². The maximum atomic E-state index is 11.0. The SMILES string of the molecule is CC1=C2[C@H]([C@@H](C)CC[C@H]2/C=C(/C)C(=O)O)[C@@H](C)C1. The Morgan fingerprint density at radius 2 is 1.94 bits per heavy atom. The van der Waals surface area contributed by atoms with Gasteiger partial charge in [0.2, 0.25) is 0 Å². The molecule has 0 bridgehead atoms. The van der Waals surface area contributed by atoms with Crippen LogP contribution in [0.2, 0.25) is 0 Å². The minimum absolute atomic E-state index is 0.368. The monoisotopic (exact) mass is 248 g/mol. The third-order valence-electron chi connectivity index (χ3n) is 4.83. The van der Waals surface area contributed by atoms with Crippen LogP contribution in [0.5, 0.6) is 0 Å². The minimum atomic E-state index is -0.783. The average Bonchev–Trinajstić information content (AvgIpc) is 2.59. The molecule has 0 saturated heterocycles. The van der Waals surface area contributed by atoms with Gasteiger partial charge in [0.1, 0.15) is 0 Å². The highest BCUT2D eigenvalue weighted by molar-refractivity contribution is 5.85. The van der Waals surface area contributed by atoms with E-state index < -0.39 is 5.97 Å². The summed E-state index contributed by atoms with van der Waals surface area (Å²) in [5, 5.41) is 9.04. The van der Waals surface area contributed by atoms with Gasteiger partial charge in [-0.2, -0.15) is 0 Å². The van der Waals surface area contributed by atoms with Crippen molar-refractivity contribution in [2.75, 3.05) is 0 Å². The average molecular weight is 248 g/mol. The van der Waals surface area contributed by atoms with Gasteiger partial charge in [-0.25, -0.2) is 4.79 Å². The molecule has 2 aliphatic rings. The molecule has 0 heterocycles. The van der Waals surface area contributed by atoms with Crippen LogP contribution in [-0.2, 0) is 4.79 Å². The summed E-state index contributed by atoms with van der Waals surface area (Å²) >= 11 is 0. The third kappa shape index (κ3) is 2.25. The van der Waals surface area contributed by atoms with Gasteiger partial charge in [-0.3, -0.25) is 0 Å². The summed E-state index contributed by atoms with van der Waals surface area (Å²) < 4.78 is 0. The van der Waals surface area contributed by atoms with Gasteiger partial charge in [0.25, 0.3) is 0 Å². The highest BCUT2D eigenvalue weighted by atomic mass is 16.4. The smallest absolute Gasteiger partial charge is 0.330 e. The maximum Gasteiger partial charge on any atom is 0.330 e. The van der Waals surface area contributed by atoms with Crippen molar-refractivity contribution >= 4 is 5.97 Å². The van der Waals surface area contributed by atoms with Crippen LogP contribution >= 0.6 is 0 Å². The standard InChI is InChI=1S/C16H24O2/c1-9-5-6-13(8-12(4)16(17)18)15-11(3)7-10(2)14(9)15/h8-10,13-14H,5-7H2,1-4H3,(H,17,18)/b12-8-/t9-,10-,13-,14+/m0/s1. The van der Waals surface area contributed by atoms with Crippen molar-refractivity contribution in [3.8, 4) is 0 Å². The summed E-state index contributed by atoms with van der Waals surface area (Å²) in [5.74, 6) is 1.75. The zero-order valence-corrected chi connectivity index (χ0v) is 11.9. The molecular weight excluding hydrogens is 224 g/mol. The first kappa shape index (κ1) is 13.4. The molecule has 1 saturated carbocycles. The van der Waals surface area contributed by atoms with Crippen LogP contribution in [0.15, 0.2) is 22.8 Å². The molecule has 0 amide bonds. The van der Waals surface area contributed by atoms with Crippen LogP contribution in [-0.4, -0.2) is 11.1 Å². The van der Waals surface area contributed by atoms with Crippen molar-refractivity contribution in [1.29, 1.82) is 0 Å². The highest BCUT2D eigenvalue weighted by Gasteiger charge is 2.40. The first-order valence-corrected chi connectivity index (χ1v) is 7.03. The van der Waals surface area contributed by atoms with Crippen molar-refractivity contribution in [1.82, 2.24) is 0 Å². The summed E-state index contributed by atoms with van der Waals surface area (Å²) in [6, 6.07) is 0. The van der Waals surface area contributed by atoms with Crippen LogP contribution in [0.25, 0.3) is 0 Å². The fraction of sp³-hybridized carbons (Fsp3) is 0.688. The van der Waals surface area contributed by atoms with E-state index in [2.05, 4.69) is 20.8 Å². The summed E-state index contributed by atoms with van der Waals surface area (Å²) in [6.07, 6.45) is 5.51. The van der Waals surface area contributed by atoms with Crippen LogP contribution in [0, 0.1) is 23.7 Å². The first-order valence-electron chi connectivity index (χ1n) is 7.03. The van der Waals surface area contributed by atoms with Gasteiger partial charge in [-0.1, -0.05) is 31.1 Å². The molecule has 100 valence electrons. The Morgan fingerprint density at radius 3 is 2.56 bits per heavy atom. The Bertz CT molecular complexity index is 417. The fourth-order valence-corrected chi connectivity index (χ4v) is 4.07. The zero-order chi connectivity index (χ0) is 13.4. The van der Waals surface area contributed by atoms with E-state index in [-0.39, 0.29) is 0 Å². The summed E-state index contributed by atoms with van der Waals surface area (Å²) in [4.78, 5) is 11.0. The van der Waals surface area contributed by atoms with Gasteiger partial charge in [-0.15, -0.1) is 0 Å². The Kier molecular flexibility index (Phi) is 3.65. The molecule has 1 fully saturated rings. The zero-order valence-electron chi connectivity index (χ0n) is 11.9. The van der Waals surface area contributed by atoms with Gasteiger partial charge >= 0.3 is 5.97 Å². The lowest BCUT2D eigenvalue weighted by atomic mass is 9.69. The van der Waals surface area contributed by atoms with Crippen molar-refractivity contribution in [2.45, 2.75) is 47.0 Å². The summed E-state index contributed by atoms with van der Waals surface area (Å²) in [6.45, 7) is 8.64. The van der Waals surface area contributed by atoms with Crippen molar-refractivity contribution in [3.05, 3.63) is 22.8 Å². The predicted octanol–water partition coefficient (Wildman–Crippen LogP) is 4.04. The van der Waals surface area contributed by atoms with E-state index in [1.807, 2.05) is 6.08 Å². The van der Waals surface area contributed by atoms with E-state index in [1.54, 1.807) is 12.5 Å². The Hall–Kier alpha value is -1.05. The van der Waals surface area contributed by atoms with Crippen molar-refractivity contribution < 1.29 is 9.90 Å². The van der Waals surface area contributed by atoms with Crippen LogP contribution in [0.3, 0.4) is 0 Å². The van der Waals surface area contributed by atoms with Gasteiger partial charge in [-0.05, 0) is 56.8 Å². The van der Waals surface area contributed by atoms with Crippen LogP contribution in [0.4, 0.5) is 0 Å². The van der Waals surface area contributed by atoms with Crippen LogP contribution in [0.1, 0.15) is 47.0 Å². The second-order valence-electron chi connectivity index (χ2n) is 6.26. The second-order valence-corrected chi connectivity index (χ2v) is 6.26. The van der Waals surface area contributed by atoms with E-state index in [4.69, 9.17) is 5.11 Å². The Morgan fingerprint density at radius 1 is 1.28 bits per heavy atom. The molecule has 0 unspecified atom stereocenters. The second kappa shape index (κ2) is 4.91. The molecule has 0 aromatic rings. The minimum Gasteiger partial charge on any atom is -0.478 e. The predicted molar refractivity (Wildman–Crippen MR) is 73.3 cm³/mol. The van der Waals surface area contributed by atoms with Crippen molar-refractivity contribution in [3.63, 3.8) is 0 Å². The maximum absolute atomic E-state index is 11.0. The Labute approximate surface area is 110 Å². The molecule has 0 aromatic carbocycles. The number of rotatable bonds is 2. The van der Waals surface area contributed by atoms with E-state index in [0.717, 1.165) is 18.3 Å². The molecule has 2 nitrogen and oxygen atoms in total. The van der Waals surface area contributed by atoms with E-state index in [9.17, 15) is 4.79 Å². The normalized spacial score (nSPS) is 36.8. The molecule has 0 aliphatic heterocycles. The molecule has 0 spiro atoms. The number of fused-ring (bicyclic) bond motifs is 1. The number of hydrogen-bond acceptors (Lipinski definition) is 1. The summed E-state index contributed by atoms with van der Waals surface area (Å²) in [5.41, 5.74) is 3.56. The number of aliphatic carboxylic acids is 1. The number of carbonyl (C=O) groups is 1. The Balaban J connectivity index is 2.31. The molecule has 0 aromatic heterocycles. The van der Waals surface area contributed by atoms with Gasteiger partial charge in [0.05, 0.1) is 0 Å². The highest BCUT2D eigenvalue weighted by Crippen LogP contribution is 2.50. The van der Waals surface area contributed by atoms with E-state index in [0.29, 0.717) is 17.4 Å². The molecule has 1 N–H and O–H groups in total. The van der Waals surface area contributed by atoms with Gasteiger partial charge in [0.15, 0.2) is 0 Å².